The molecular formula is C15H26N5O5+. The van der Waals surface area contributed by atoms with Gasteiger partial charge in [0.25, 0.3) is 6.20 Å². The summed E-state index contributed by atoms with van der Waals surface area (Å²) in [6, 6.07) is 0. The molecule has 0 bridgehead atoms. The molecule has 2 rings (SSSR count). The van der Waals surface area contributed by atoms with Crippen molar-refractivity contribution in [3.05, 3.63) is 6.20 Å². The second-order valence-corrected chi connectivity index (χ2v) is 5.86. The van der Waals surface area contributed by atoms with E-state index in [-0.39, 0.29) is 12.0 Å². The lowest BCUT2D eigenvalue weighted by Crippen LogP contribution is -2.65. The predicted octanol–water partition coefficient (Wildman–Crippen LogP) is 0.967. The van der Waals surface area contributed by atoms with Gasteiger partial charge in [-0.25, -0.2) is 9.59 Å². The molecule has 0 spiro atoms. The zero-order valence-corrected chi connectivity index (χ0v) is 14.9. The molecule has 2 heterocycles. The Kier molecular flexibility index (Phi) is 6.84. The van der Waals surface area contributed by atoms with Crippen molar-refractivity contribution < 1.29 is 28.4 Å². The molecule has 1 atom stereocenters. The van der Waals surface area contributed by atoms with E-state index in [0.29, 0.717) is 45.3 Å². The van der Waals surface area contributed by atoms with Crippen LogP contribution in [0.1, 0.15) is 27.2 Å². The van der Waals surface area contributed by atoms with E-state index in [4.69, 9.17) is 14.0 Å². The Morgan fingerprint density at radius 2 is 2.04 bits per heavy atom. The molecule has 1 aromatic heterocycles. The van der Waals surface area contributed by atoms with Crippen LogP contribution in [0.3, 0.4) is 0 Å². The highest BCUT2D eigenvalue weighted by Crippen LogP contribution is 2.06. The van der Waals surface area contributed by atoms with Crippen LogP contribution in [0.15, 0.2) is 10.7 Å². The van der Waals surface area contributed by atoms with E-state index < -0.39 is 6.09 Å². The summed E-state index contributed by atoms with van der Waals surface area (Å²) in [4.78, 5) is 26.5. The Balaban J connectivity index is 1.80. The molecule has 0 radical (unpaired) electrons. The summed E-state index contributed by atoms with van der Waals surface area (Å²) in [5.41, 5.74) is 0. The molecule has 1 aromatic rings. The molecule has 1 N–H and O–H groups in total. The number of ether oxygens (including phenoxy) is 2. The number of aromatic nitrogens is 2. The van der Waals surface area contributed by atoms with E-state index in [9.17, 15) is 9.59 Å². The third-order valence-electron chi connectivity index (χ3n) is 3.95. The third kappa shape index (κ3) is 5.50. The minimum absolute atomic E-state index is 0.196. The van der Waals surface area contributed by atoms with Gasteiger partial charge in [-0.3, -0.25) is 9.84 Å². The number of hydrogen-bond acceptors (Lipinski definition) is 7. The summed E-state index contributed by atoms with van der Waals surface area (Å²) in [5.74, 6) is 0.503. The monoisotopic (exact) mass is 356 g/mol. The molecule has 25 heavy (non-hydrogen) atoms. The van der Waals surface area contributed by atoms with Gasteiger partial charge in [0.05, 0.1) is 31.1 Å². The Morgan fingerprint density at radius 1 is 1.32 bits per heavy atom. The van der Waals surface area contributed by atoms with Crippen LogP contribution in [0.25, 0.3) is 0 Å². The molecule has 10 nitrogen and oxygen atoms in total. The fourth-order valence-corrected chi connectivity index (χ4v) is 2.20. The van der Waals surface area contributed by atoms with Gasteiger partial charge < -0.3 is 14.4 Å². The Labute approximate surface area is 146 Å². The minimum atomic E-state index is -0.573. The van der Waals surface area contributed by atoms with Crippen LogP contribution in [0.2, 0.25) is 0 Å². The molecule has 1 fully saturated rings. The SMILES string of the molecule is CCOC(=O)N1CCN([n+]2cc(NC(=O)OC[C@@H](C)CC)on2)CC1. The molecular weight excluding hydrogens is 330 g/mol. The van der Waals surface area contributed by atoms with E-state index in [1.54, 1.807) is 18.0 Å². The van der Waals surface area contributed by atoms with E-state index in [1.807, 2.05) is 18.9 Å². The van der Waals surface area contributed by atoms with Crippen LogP contribution in [-0.2, 0) is 9.47 Å². The van der Waals surface area contributed by atoms with Gasteiger partial charge >= 0.3 is 18.1 Å². The van der Waals surface area contributed by atoms with Gasteiger partial charge in [0.1, 0.15) is 0 Å². The van der Waals surface area contributed by atoms with Crippen molar-refractivity contribution in [2.24, 2.45) is 5.92 Å². The Bertz CT molecular complexity index is 570. The summed E-state index contributed by atoms with van der Waals surface area (Å²) in [5, 5.41) is 8.27. The summed E-state index contributed by atoms with van der Waals surface area (Å²) in [6.07, 6.45) is 1.62. The Hall–Kier alpha value is -2.52. The normalized spacial score (nSPS) is 15.6. The van der Waals surface area contributed by atoms with Crippen molar-refractivity contribution >= 4 is 18.1 Å². The van der Waals surface area contributed by atoms with Crippen molar-refractivity contribution in [1.29, 1.82) is 0 Å². The maximum atomic E-state index is 11.7. The quantitative estimate of drug-likeness (QED) is 0.758. The number of nitrogens with one attached hydrogen (secondary N) is 1. The van der Waals surface area contributed by atoms with Crippen LogP contribution in [0.4, 0.5) is 15.5 Å². The number of anilines is 1. The smallest absolute Gasteiger partial charge is 0.414 e. The topological polar surface area (TPSA) is 101 Å². The van der Waals surface area contributed by atoms with Crippen molar-refractivity contribution in [2.45, 2.75) is 27.2 Å². The summed E-state index contributed by atoms with van der Waals surface area (Å²) < 4.78 is 15.2. The second kappa shape index (κ2) is 9.09. The summed E-state index contributed by atoms with van der Waals surface area (Å²) >= 11 is 0. The van der Waals surface area contributed by atoms with Crippen LogP contribution in [0, 0.1) is 5.92 Å². The first-order valence-electron chi connectivity index (χ1n) is 8.52. The molecule has 0 saturated carbocycles. The van der Waals surface area contributed by atoms with Gasteiger partial charge in [-0.05, 0) is 12.8 Å². The van der Waals surface area contributed by atoms with Gasteiger partial charge in [0.2, 0.25) is 5.27 Å². The first-order chi connectivity index (χ1) is 12.0. The summed E-state index contributed by atoms with van der Waals surface area (Å²) in [7, 11) is 0. The van der Waals surface area contributed by atoms with Crippen molar-refractivity contribution in [2.75, 3.05) is 49.7 Å². The van der Waals surface area contributed by atoms with Crippen LogP contribution in [-0.4, -0.2) is 61.8 Å². The number of nitrogens with zero attached hydrogens (tertiary/aromatic N) is 4. The lowest BCUT2D eigenvalue weighted by atomic mass is 10.1. The number of carbonyl (C=O) groups is 2. The lowest BCUT2D eigenvalue weighted by molar-refractivity contribution is -0.759. The highest BCUT2D eigenvalue weighted by Gasteiger charge is 2.29. The van der Waals surface area contributed by atoms with Crippen molar-refractivity contribution in [1.82, 2.24) is 10.2 Å². The van der Waals surface area contributed by atoms with Gasteiger partial charge in [0, 0.05) is 13.1 Å². The van der Waals surface area contributed by atoms with Gasteiger partial charge in [-0.15, -0.1) is 5.01 Å². The first-order valence-corrected chi connectivity index (χ1v) is 8.52. The maximum Gasteiger partial charge on any atom is 0.414 e. The largest absolute Gasteiger partial charge is 0.450 e. The lowest BCUT2D eigenvalue weighted by Gasteiger charge is -2.29. The minimum Gasteiger partial charge on any atom is -0.450 e. The zero-order valence-electron chi connectivity index (χ0n) is 14.9. The highest BCUT2D eigenvalue weighted by molar-refractivity contribution is 5.82. The molecule has 0 unspecified atom stereocenters. The molecule has 1 saturated heterocycles. The molecule has 0 aromatic carbocycles. The van der Waals surface area contributed by atoms with Crippen LogP contribution in [0.5, 0.6) is 0 Å². The fourth-order valence-electron chi connectivity index (χ4n) is 2.20. The average molecular weight is 356 g/mol. The van der Waals surface area contributed by atoms with Gasteiger partial charge in [-0.1, -0.05) is 20.3 Å². The summed E-state index contributed by atoms with van der Waals surface area (Å²) in [6.45, 7) is 8.74. The van der Waals surface area contributed by atoms with Gasteiger partial charge in [0.15, 0.2) is 0 Å². The number of amides is 2. The molecule has 2 amide bonds. The zero-order chi connectivity index (χ0) is 18.2. The van der Waals surface area contributed by atoms with Crippen LogP contribution >= 0.6 is 0 Å². The van der Waals surface area contributed by atoms with E-state index in [1.165, 1.54) is 4.79 Å². The fraction of sp³-hybridized carbons (Fsp3) is 0.733. The average Bonchev–Trinajstić information content (AvgIpc) is 3.08. The third-order valence-corrected chi connectivity index (χ3v) is 3.95. The number of hydrogen-bond donors (Lipinski definition) is 1. The first kappa shape index (κ1) is 18.8. The van der Waals surface area contributed by atoms with Crippen molar-refractivity contribution in [3.63, 3.8) is 0 Å². The van der Waals surface area contributed by atoms with E-state index in [0.717, 1.165) is 6.42 Å². The molecule has 10 heteroatoms. The standard InChI is InChI=1S/C15H25N5O5/c1-4-12(3)11-24-14(21)16-13-10-20(17-25-13)19-8-6-18(7-9-19)15(22)23-5-2/h10,12H,4-9,11H2,1-3H3/p+1/t12-/m0/s1. The maximum absolute atomic E-state index is 11.7. The second-order valence-electron chi connectivity index (χ2n) is 5.86. The Morgan fingerprint density at radius 3 is 2.68 bits per heavy atom. The molecule has 1 aliphatic rings. The molecule has 0 aliphatic carbocycles. The number of carbonyl (C=O) groups excluding carboxylic acids is 2. The predicted molar refractivity (Wildman–Crippen MR) is 87.7 cm³/mol. The van der Waals surface area contributed by atoms with Crippen molar-refractivity contribution in [3.8, 4) is 0 Å². The van der Waals surface area contributed by atoms with Crippen LogP contribution < -0.4 is 15.1 Å². The van der Waals surface area contributed by atoms with E-state index in [2.05, 4.69) is 10.6 Å². The molecule has 140 valence electrons. The van der Waals surface area contributed by atoms with Gasteiger partial charge in [-0.2, -0.15) is 0 Å². The number of piperazine rings is 1. The molecule has 1 aliphatic heterocycles. The number of rotatable bonds is 6. The highest BCUT2D eigenvalue weighted by atomic mass is 16.6. The van der Waals surface area contributed by atoms with E-state index >= 15 is 0 Å².